The average Bonchev–Trinajstić information content (AvgIpc) is 2.90. The van der Waals surface area contributed by atoms with Gasteiger partial charge in [-0.3, -0.25) is 9.78 Å². The molecule has 2 aromatic rings. The van der Waals surface area contributed by atoms with E-state index in [2.05, 4.69) is 15.6 Å². The van der Waals surface area contributed by atoms with Crippen molar-refractivity contribution in [3.05, 3.63) is 52.5 Å². The monoisotopic (exact) mass is 452 g/mol. The van der Waals surface area contributed by atoms with Gasteiger partial charge < -0.3 is 20.3 Å². The SMILES string of the molecule is CC.Cc1nccc(Nc2ccc(N(C)C)c(C3=C(C=O)OCC(F)(F)CN3)c2)c1Cl. The first-order valence-electron chi connectivity index (χ1n) is 9.85. The summed E-state index contributed by atoms with van der Waals surface area (Å²) in [5, 5.41) is 6.36. The zero-order valence-electron chi connectivity index (χ0n) is 18.2. The van der Waals surface area contributed by atoms with Crippen LogP contribution in [0.5, 0.6) is 0 Å². The second-order valence-corrected chi connectivity index (χ2v) is 7.24. The molecule has 0 radical (unpaired) electrons. The quantitative estimate of drug-likeness (QED) is 0.622. The number of carbonyl (C=O) groups excluding carboxylic acids is 1. The molecular weight excluding hydrogens is 426 g/mol. The van der Waals surface area contributed by atoms with Crippen molar-refractivity contribution >= 4 is 40.6 Å². The number of halogens is 3. The number of nitrogens with one attached hydrogen (secondary N) is 2. The molecule has 1 aliphatic rings. The lowest BCUT2D eigenvalue weighted by Gasteiger charge is -2.22. The van der Waals surface area contributed by atoms with Crippen LogP contribution in [0, 0.1) is 6.92 Å². The number of nitrogens with zero attached hydrogens (tertiary/aromatic N) is 2. The minimum atomic E-state index is -3.09. The molecular formula is C22H27ClF2N4O2. The molecule has 0 saturated heterocycles. The summed E-state index contributed by atoms with van der Waals surface area (Å²) >= 11 is 6.31. The molecule has 0 unspecified atom stereocenters. The molecule has 9 heteroatoms. The van der Waals surface area contributed by atoms with Gasteiger partial charge in [0.2, 0.25) is 0 Å². The largest absolute Gasteiger partial charge is 0.482 e. The second kappa shape index (κ2) is 10.4. The number of hydrogen-bond donors (Lipinski definition) is 2. The highest BCUT2D eigenvalue weighted by Crippen LogP contribution is 2.34. The predicted molar refractivity (Wildman–Crippen MR) is 121 cm³/mol. The van der Waals surface area contributed by atoms with Crippen LogP contribution in [0.4, 0.5) is 25.8 Å². The van der Waals surface area contributed by atoms with Crippen molar-refractivity contribution in [3.63, 3.8) is 0 Å². The fraction of sp³-hybridized carbons (Fsp3) is 0.364. The average molecular weight is 453 g/mol. The van der Waals surface area contributed by atoms with Gasteiger partial charge in [-0.15, -0.1) is 0 Å². The Balaban J connectivity index is 0.00000166. The summed E-state index contributed by atoms with van der Waals surface area (Å²) in [5.74, 6) is -3.26. The van der Waals surface area contributed by atoms with Gasteiger partial charge in [-0.2, -0.15) is 0 Å². The normalized spacial score (nSPS) is 15.0. The van der Waals surface area contributed by atoms with Gasteiger partial charge in [-0.05, 0) is 31.2 Å². The highest BCUT2D eigenvalue weighted by molar-refractivity contribution is 6.33. The van der Waals surface area contributed by atoms with E-state index in [9.17, 15) is 13.6 Å². The van der Waals surface area contributed by atoms with Crippen LogP contribution in [0.3, 0.4) is 0 Å². The summed E-state index contributed by atoms with van der Waals surface area (Å²) in [6.45, 7) is 4.29. The molecule has 0 aliphatic carbocycles. The first kappa shape index (κ1) is 24.4. The lowest BCUT2D eigenvalue weighted by atomic mass is 10.1. The molecule has 0 amide bonds. The second-order valence-electron chi connectivity index (χ2n) is 6.86. The Morgan fingerprint density at radius 3 is 2.65 bits per heavy atom. The molecule has 0 atom stereocenters. The van der Waals surface area contributed by atoms with Crippen molar-refractivity contribution in [1.82, 2.24) is 10.3 Å². The van der Waals surface area contributed by atoms with Gasteiger partial charge in [0.1, 0.15) is 0 Å². The predicted octanol–water partition coefficient (Wildman–Crippen LogP) is 5.00. The molecule has 31 heavy (non-hydrogen) atoms. The number of pyridine rings is 1. The minimum absolute atomic E-state index is 0.166. The van der Waals surface area contributed by atoms with Crippen LogP contribution in [-0.4, -0.2) is 44.4 Å². The van der Waals surface area contributed by atoms with E-state index in [1.807, 2.05) is 45.0 Å². The number of aryl methyl sites for hydroxylation is 1. The summed E-state index contributed by atoms with van der Waals surface area (Å²) in [7, 11) is 3.64. The van der Waals surface area contributed by atoms with E-state index in [1.54, 1.807) is 25.3 Å². The third kappa shape index (κ3) is 5.85. The first-order valence-corrected chi connectivity index (χ1v) is 10.2. The topological polar surface area (TPSA) is 66.5 Å². The molecule has 3 rings (SSSR count). The Morgan fingerprint density at radius 1 is 1.29 bits per heavy atom. The number of allylic oxidation sites excluding steroid dienone is 1. The third-order valence-corrected chi connectivity index (χ3v) is 4.88. The van der Waals surface area contributed by atoms with Gasteiger partial charge in [0.15, 0.2) is 18.7 Å². The van der Waals surface area contributed by atoms with E-state index in [-0.39, 0.29) is 11.5 Å². The zero-order valence-corrected chi connectivity index (χ0v) is 19.0. The van der Waals surface area contributed by atoms with Crippen molar-refractivity contribution in [3.8, 4) is 0 Å². The fourth-order valence-corrected chi connectivity index (χ4v) is 3.10. The van der Waals surface area contributed by atoms with Crippen molar-refractivity contribution in [2.75, 3.05) is 37.5 Å². The molecule has 0 fully saturated rings. The van der Waals surface area contributed by atoms with E-state index in [0.29, 0.717) is 33.9 Å². The van der Waals surface area contributed by atoms with E-state index in [4.69, 9.17) is 16.3 Å². The summed E-state index contributed by atoms with van der Waals surface area (Å²) < 4.78 is 32.7. The lowest BCUT2D eigenvalue weighted by Crippen LogP contribution is -2.33. The maximum atomic E-state index is 13.8. The van der Waals surface area contributed by atoms with Gasteiger partial charge in [0, 0.05) is 37.2 Å². The van der Waals surface area contributed by atoms with Crippen molar-refractivity contribution in [2.45, 2.75) is 26.7 Å². The fourth-order valence-electron chi connectivity index (χ4n) is 2.94. The molecule has 168 valence electrons. The molecule has 1 aliphatic heterocycles. The van der Waals surface area contributed by atoms with Crippen LogP contribution in [-0.2, 0) is 9.53 Å². The van der Waals surface area contributed by atoms with E-state index >= 15 is 0 Å². The Labute approximate surface area is 186 Å². The standard InChI is InChI=1S/C20H21ClF2N4O2.C2H6/c1-12-18(21)15(6-7-24-12)26-13-4-5-16(27(2)3)14(8-13)19-17(9-28)29-11-20(22,23)10-25-19;1-2/h4-9,25H,10-11H2,1-3H3,(H,24,26);1-2H3. The van der Waals surface area contributed by atoms with Crippen LogP contribution in [0.2, 0.25) is 5.02 Å². The Morgan fingerprint density at radius 2 is 2.00 bits per heavy atom. The lowest BCUT2D eigenvalue weighted by molar-refractivity contribution is -0.109. The number of aldehydes is 1. The number of anilines is 3. The Hall–Kier alpha value is -2.87. The Bertz CT molecular complexity index is 965. The minimum Gasteiger partial charge on any atom is -0.482 e. The molecule has 0 saturated carbocycles. The van der Waals surface area contributed by atoms with Crippen LogP contribution in [0.1, 0.15) is 25.1 Å². The highest BCUT2D eigenvalue weighted by atomic mass is 35.5. The first-order chi connectivity index (χ1) is 14.7. The number of benzene rings is 1. The number of rotatable bonds is 5. The summed E-state index contributed by atoms with van der Waals surface area (Å²) in [5.41, 5.74) is 3.47. The maximum absolute atomic E-state index is 13.8. The summed E-state index contributed by atoms with van der Waals surface area (Å²) in [4.78, 5) is 17.5. The molecule has 2 N–H and O–H groups in total. The Kier molecular flexibility index (Phi) is 8.21. The van der Waals surface area contributed by atoms with Crippen molar-refractivity contribution in [1.29, 1.82) is 0 Å². The van der Waals surface area contributed by atoms with Crippen molar-refractivity contribution < 1.29 is 18.3 Å². The van der Waals surface area contributed by atoms with Crippen LogP contribution in [0.15, 0.2) is 36.2 Å². The summed E-state index contributed by atoms with van der Waals surface area (Å²) in [6, 6.07) is 7.14. The van der Waals surface area contributed by atoms with E-state index in [0.717, 1.165) is 5.69 Å². The maximum Gasteiger partial charge on any atom is 0.298 e. The van der Waals surface area contributed by atoms with Gasteiger partial charge in [0.25, 0.3) is 5.92 Å². The molecule has 6 nitrogen and oxygen atoms in total. The molecule has 1 aromatic carbocycles. The number of alkyl halides is 2. The van der Waals surface area contributed by atoms with Crippen molar-refractivity contribution in [2.24, 2.45) is 0 Å². The zero-order chi connectivity index (χ0) is 23.2. The van der Waals surface area contributed by atoms with Gasteiger partial charge in [0.05, 0.1) is 28.6 Å². The molecule has 0 bridgehead atoms. The third-order valence-electron chi connectivity index (χ3n) is 4.41. The van der Waals surface area contributed by atoms with Gasteiger partial charge in [-0.25, -0.2) is 8.78 Å². The van der Waals surface area contributed by atoms with Crippen LogP contribution in [0.25, 0.3) is 5.70 Å². The summed E-state index contributed by atoms with van der Waals surface area (Å²) in [6.07, 6.45) is 2.07. The smallest absolute Gasteiger partial charge is 0.298 e. The number of hydrogen-bond acceptors (Lipinski definition) is 6. The van der Waals surface area contributed by atoms with Gasteiger partial charge in [-0.1, -0.05) is 25.4 Å². The van der Waals surface area contributed by atoms with E-state index in [1.165, 1.54) is 0 Å². The van der Waals surface area contributed by atoms with Crippen LogP contribution < -0.4 is 15.5 Å². The van der Waals surface area contributed by atoms with Crippen LogP contribution >= 0.6 is 11.6 Å². The molecule has 2 heterocycles. The number of carbonyl (C=O) groups is 1. The number of aromatic nitrogens is 1. The highest BCUT2D eigenvalue weighted by Gasteiger charge is 2.34. The number of ether oxygens (including phenoxy) is 1. The molecule has 0 spiro atoms. The molecule has 1 aromatic heterocycles. The van der Waals surface area contributed by atoms with E-state index < -0.39 is 19.1 Å². The van der Waals surface area contributed by atoms with Gasteiger partial charge >= 0.3 is 0 Å².